The summed E-state index contributed by atoms with van der Waals surface area (Å²) in [6, 6.07) is 10.4. The number of carbonyl (C=O) groups is 1. The first-order valence-corrected chi connectivity index (χ1v) is 11.5. The lowest BCUT2D eigenvalue weighted by Crippen LogP contribution is -2.48. The highest BCUT2D eigenvalue weighted by molar-refractivity contribution is 7.99. The van der Waals surface area contributed by atoms with E-state index in [1.54, 1.807) is 29.5 Å². The van der Waals surface area contributed by atoms with E-state index in [0.717, 1.165) is 38.3 Å². The molecular formula is C21H22FN5OS2. The second-order valence-electron chi connectivity index (χ2n) is 6.91. The minimum atomic E-state index is -0.265. The van der Waals surface area contributed by atoms with Crippen molar-refractivity contribution in [2.75, 3.05) is 31.9 Å². The van der Waals surface area contributed by atoms with E-state index in [4.69, 9.17) is 0 Å². The topological polar surface area (TPSA) is 65.1 Å². The van der Waals surface area contributed by atoms with Crippen molar-refractivity contribution in [2.45, 2.75) is 11.7 Å². The normalized spacial score (nSPS) is 15.2. The molecule has 3 aromatic rings. The molecule has 0 spiro atoms. The number of carbonyl (C=O) groups excluding carboxylic acids is 1. The van der Waals surface area contributed by atoms with Gasteiger partial charge in [-0.3, -0.25) is 14.8 Å². The van der Waals surface area contributed by atoms with Crippen LogP contribution in [-0.2, 0) is 11.3 Å². The SMILES string of the molecule is O=C(CSc1n[nH]c(C=Cc2ccc(F)cc2)n1)N1CCN(Cc2cccs2)CC1. The Labute approximate surface area is 182 Å². The van der Waals surface area contributed by atoms with Crippen LogP contribution in [0.15, 0.2) is 46.9 Å². The van der Waals surface area contributed by atoms with Crippen LogP contribution >= 0.6 is 23.1 Å². The number of aromatic nitrogens is 3. The average molecular weight is 444 g/mol. The minimum Gasteiger partial charge on any atom is -0.339 e. The molecule has 1 amide bonds. The molecule has 6 nitrogen and oxygen atoms in total. The molecule has 1 aliphatic rings. The van der Waals surface area contributed by atoms with E-state index in [9.17, 15) is 9.18 Å². The van der Waals surface area contributed by atoms with Crippen molar-refractivity contribution in [1.82, 2.24) is 25.0 Å². The van der Waals surface area contributed by atoms with Crippen LogP contribution in [0.3, 0.4) is 0 Å². The number of aromatic amines is 1. The fourth-order valence-electron chi connectivity index (χ4n) is 3.14. The van der Waals surface area contributed by atoms with E-state index in [0.29, 0.717) is 16.7 Å². The maximum atomic E-state index is 12.9. The van der Waals surface area contributed by atoms with E-state index in [1.807, 2.05) is 11.0 Å². The van der Waals surface area contributed by atoms with Crippen molar-refractivity contribution < 1.29 is 9.18 Å². The number of H-pyrrole nitrogens is 1. The standard InChI is InChI=1S/C21H22FN5OS2/c22-17-6-3-16(4-7-17)5-8-19-23-21(25-24-19)30-15-20(28)27-11-9-26(10-12-27)14-18-2-1-13-29-18/h1-8,13H,9-12,14-15H2,(H,23,24,25). The van der Waals surface area contributed by atoms with Gasteiger partial charge in [-0.05, 0) is 35.2 Å². The molecule has 1 aromatic carbocycles. The van der Waals surface area contributed by atoms with E-state index in [1.165, 1.54) is 28.8 Å². The van der Waals surface area contributed by atoms with Gasteiger partial charge in [0, 0.05) is 37.6 Å². The Morgan fingerprint density at radius 2 is 1.97 bits per heavy atom. The Kier molecular flexibility index (Phi) is 6.93. The Morgan fingerprint density at radius 1 is 1.17 bits per heavy atom. The lowest BCUT2D eigenvalue weighted by atomic mass is 10.2. The lowest BCUT2D eigenvalue weighted by molar-refractivity contribution is -0.130. The van der Waals surface area contributed by atoms with Crippen molar-refractivity contribution in [2.24, 2.45) is 0 Å². The van der Waals surface area contributed by atoms with Crippen molar-refractivity contribution >= 4 is 41.2 Å². The Hall–Kier alpha value is -2.49. The molecule has 1 fully saturated rings. The molecule has 1 N–H and O–H groups in total. The number of rotatable bonds is 7. The van der Waals surface area contributed by atoms with Gasteiger partial charge >= 0.3 is 0 Å². The molecular weight excluding hydrogens is 421 g/mol. The fourth-order valence-corrected chi connectivity index (χ4v) is 4.60. The summed E-state index contributed by atoms with van der Waals surface area (Å²) >= 11 is 3.10. The van der Waals surface area contributed by atoms with Gasteiger partial charge in [0.25, 0.3) is 0 Å². The number of thioether (sulfide) groups is 1. The highest BCUT2D eigenvalue weighted by Crippen LogP contribution is 2.17. The molecule has 3 heterocycles. The molecule has 0 bridgehead atoms. The first kappa shape index (κ1) is 20.8. The van der Waals surface area contributed by atoms with Crippen LogP contribution < -0.4 is 0 Å². The molecule has 0 unspecified atom stereocenters. The van der Waals surface area contributed by atoms with Gasteiger partial charge in [0.05, 0.1) is 5.75 Å². The molecule has 9 heteroatoms. The Morgan fingerprint density at radius 3 is 2.70 bits per heavy atom. The van der Waals surface area contributed by atoms with Crippen LogP contribution in [0.4, 0.5) is 4.39 Å². The summed E-state index contributed by atoms with van der Waals surface area (Å²) in [6.07, 6.45) is 3.61. The monoisotopic (exact) mass is 443 g/mol. The van der Waals surface area contributed by atoms with Crippen LogP contribution in [0.1, 0.15) is 16.3 Å². The van der Waals surface area contributed by atoms with Gasteiger partial charge in [-0.2, -0.15) is 0 Å². The summed E-state index contributed by atoms with van der Waals surface area (Å²) < 4.78 is 12.9. The van der Waals surface area contributed by atoms with Gasteiger partial charge in [-0.1, -0.05) is 36.0 Å². The molecule has 2 aromatic heterocycles. The van der Waals surface area contributed by atoms with Crippen molar-refractivity contribution in [1.29, 1.82) is 0 Å². The average Bonchev–Trinajstić information content (AvgIpc) is 3.44. The van der Waals surface area contributed by atoms with E-state index >= 15 is 0 Å². The largest absolute Gasteiger partial charge is 0.339 e. The minimum absolute atomic E-state index is 0.115. The van der Waals surface area contributed by atoms with Crippen molar-refractivity contribution in [3.8, 4) is 0 Å². The zero-order valence-electron chi connectivity index (χ0n) is 16.3. The van der Waals surface area contributed by atoms with Gasteiger partial charge in [0.2, 0.25) is 11.1 Å². The second-order valence-corrected chi connectivity index (χ2v) is 8.89. The first-order chi connectivity index (χ1) is 14.7. The number of halogens is 1. The fraction of sp³-hybridized carbons (Fsp3) is 0.286. The first-order valence-electron chi connectivity index (χ1n) is 9.67. The molecule has 156 valence electrons. The van der Waals surface area contributed by atoms with Crippen molar-refractivity contribution in [3.05, 3.63) is 63.9 Å². The second kappa shape index (κ2) is 10.0. The van der Waals surface area contributed by atoms with Gasteiger partial charge < -0.3 is 4.90 Å². The quantitative estimate of drug-likeness (QED) is 0.565. The number of piperazine rings is 1. The highest BCUT2D eigenvalue weighted by Gasteiger charge is 2.21. The zero-order valence-corrected chi connectivity index (χ0v) is 18.0. The molecule has 1 saturated heterocycles. The third-order valence-electron chi connectivity index (χ3n) is 4.80. The van der Waals surface area contributed by atoms with Gasteiger partial charge in [0.1, 0.15) is 11.6 Å². The highest BCUT2D eigenvalue weighted by atomic mass is 32.2. The number of hydrogen-bond acceptors (Lipinski definition) is 6. The van der Waals surface area contributed by atoms with Crippen LogP contribution in [0, 0.1) is 5.82 Å². The van der Waals surface area contributed by atoms with Crippen LogP contribution in [0.25, 0.3) is 12.2 Å². The van der Waals surface area contributed by atoms with Gasteiger partial charge in [0.15, 0.2) is 0 Å². The predicted octanol–water partition coefficient (Wildman–Crippen LogP) is 3.61. The molecule has 30 heavy (non-hydrogen) atoms. The Bertz CT molecular complexity index is 979. The maximum Gasteiger partial charge on any atom is 0.233 e. The number of nitrogens with zero attached hydrogens (tertiary/aromatic N) is 4. The third kappa shape index (κ3) is 5.78. The van der Waals surface area contributed by atoms with E-state index in [2.05, 4.69) is 37.6 Å². The number of amides is 1. The lowest BCUT2D eigenvalue weighted by Gasteiger charge is -2.34. The molecule has 0 atom stereocenters. The summed E-state index contributed by atoms with van der Waals surface area (Å²) in [5.74, 6) is 0.767. The van der Waals surface area contributed by atoms with Crippen molar-refractivity contribution in [3.63, 3.8) is 0 Å². The summed E-state index contributed by atoms with van der Waals surface area (Å²) in [7, 11) is 0. The van der Waals surface area contributed by atoms with Crippen LogP contribution in [0.5, 0.6) is 0 Å². The van der Waals surface area contributed by atoms with Crippen LogP contribution in [0.2, 0.25) is 0 Å². The van der Waals surface area contributed by atoms with Gasteiger partial charge in [-0.25, -0.2) is 9.37 Å². The molecule has 4 rings (SSSR count). The maximum absolute atomic E-state index is 12.9. The van der Waals surface area contributed by atoms with E-state index in [-0.39, 0.29) is 11.7 Å². The molecule has 0 aliphatic carbocycles. The number of benzene rings is 1. The Balaban J connectivity index is 1.21. The number of thiophene rings is 1. The molecule has 1 aliphatic heterocycles. The molecule has 0 radical (unpaired) electrons. The summed E-state index contributed by atoms with van der Waals surface area (Å²) in [5.41, 5.74) is 0.871. The summed E-state index contributed by atoms with van der Waals surface area (Å²) in [5, 5.41) is 9.63. The number of hydrogen-bond donors (Lipinski definition) is 1. The smallest absolute Gasteiger partial charge is 0.233 e. The summed E-state index contributed by atoms with van der Waals surface area (Å²) in [6.45, 7) is 4.26. The number of nitrogens with one attached hydrogen (secondary N) is 1. The predicted molar refractivity (Wildman–Crippen MR) is 119 cm³/mol. The summed E-state index contributed by atoms with van der Waals surface area (Å²) in [4.78, 5) is 22.6. The molecule has 0 saturated carbocycles. The zero-order chi connectivity index (χ0) is 20.8. The van der Waals surface area contributed by atoms with Gasteiger partial charge in [-0.15, -0.1) is 16.4 Å². The van der Waals surface area contributed by atoms with Crippen LogP contribution in [-0.4, -0.2) is 62.8 Å². The van der Waals surface area contributed by atoms with E-state index < -0.39 is 0 Å². The third-order valence-corrected chi connectivity index (χ3v) is 6.49.